The van der Waals surface area contributed by atoms with Gasteiger partial charge in [-0.05, 0) is 39.0 Å². The Labute approximate surface area is 147 Å². The molecule has 7 heteroatoms. The molecule has 6 nitrogen and oxygen atoms in total. The standard InChI is InChI=1S/C17H27N5OS/c1-13-15(24-12-22-13)16(23)19-10-11-21-17(18-2)20-9-8-14-6-4-3-5-7-14/h6,12H,3-5,7-11H2,1-2H3,(H,19,23)(H2,18,20,21). The number of hydrogen-bond acceptors (Lipinski definition) is 4. The topological polar surface area (TPSA) is 78.4 Å². The van der Waals surface area contributed by atoms with Crippen LogP contribution in [0, 0.1) is 6.92 Å². The molecule has 0 aromatic carbocycles. The number of allylic oxidation sites excluding steroid dienone is 1. The fourth-order valence-electron chi connectivity index (χ4n) is 2.65. The monoisotopic (exact) mass is 349 g/mol. The van der Waals surface area contributed by atoms with E-state index in [-0.39, 0.29) is 5.91 Å². The molecule has 0 fully saturated rings. The van der Waals surface area contributed by atoms with Crippen molar-refractivity contribution in [3.05, 3.63) is 27.7 Å². The van der Waals surface area contributed by atoms with Crippen molar-refractivity contribution < 1.29 is 4.79 Å². The van der Waals surface area contributed by atoms with Crippen LogP contribution < -0.4 is 16.0 Å². The van der Waals surface area contributed by atoms with Crippen molar-refractivity contribution in [1.29, 1.82) is 0 Å². The van der Waals surface area contributed by atoms with E-state index in [1.165, 1.54) is 37.0 Å². The molecular formula is C17H27N5OS. The van der Waals surface area contributed by atoms with E-state index >= 15 is 0 Å². The summed E-state index contributed by atoms with van der Waals surface area (Å²) in [4.78, 5) is 20.9. The lowest BCUT2D eigenvalue weighted by Gasteiger charge is -2.15. The molecule has 1 amide bonds. The molecule has 1 heterocycles. The maximum Gasteiger partial charge on any atom is 0.263 e. The van der Waals surface area contributed by atoms with Crippen LogP contribution in [0.2, 0.25) is 0 Å². The molecule has 1 aromatic heterocycles. The van der Waals surface area contributed by atoms with Gasteiger partial charge in [-0.2, -0.15) is 0 Å². The van der Waals surface area contributed by atoms with Crippen LogP contribution in [-0.4, -0.2) is 43.5 Å². The molecule has 2 rings (SSSR count). The number of carbonyl (C=O) groups excluding carboxylic acids is 1. The zero-order chi connectivity index (χ0) is 17.2. The average Bonchev–Trinajstić information content (AvgIpc) is 3.04. The number of thiazole rings is 1. The summed E-state index contributed by atoms with van der Waals surface area (Å²) in [6.45, 7) is 3.91. The van der Waals surface area contributed by atoms with Crippen LogP contribution in [0.1, 0.15) is 47.5 Å². The Morgan fingerprint density at radius 1 is 1.25 bits per heavy atom. The van der Waals surface area contributed by atoms with Gasteiger partial charge in [0.05, 0.1) is 11.2 Å². The van der Waals surface area contributed by atoms with Gasteiger partial charge in [0.1, 0.15) is 4.88 Å². The van der Waals surface area contributed by atoms with E-state index in [1.54, 1.807) is 18.1 Å². The SMILES string of the molecule is CN=C(NCCNC(=O)c1scnc1C)NCCC1=CCCCC1. The number of carbonyl (C=O) groups is 1. The Morgan fingerprint density at radius 2 is 2.04 bits per heavy atom. The molecule has 3 N–H and O–H groups in total. The van der Waals surface area contributed by atoms with E-state index in [0.717, 1.165) is 24.6 Å². The number of guanidine groups is 1. The zero-order valence-corrected chi connectivity index (χ0v) is 15.3. The first-order chi connectivity index (χ1) is 11.7. The van der Waals surface area contributed by atoms with Crippen molar-refractivity contribution >= 4 is 23.2 Å². The van der Waals surface area contributed by atoms with E-state index in [9.17, 15) is 4.79 Å². The third-order valence-electron chi connectivity index (χ3n) is 4.00. The normalized spacial score (nSPS) is 14.9. The summed E-state index contributed by atoms with van der Waals surface area (Å²) in [5.41, 5.74) is 4.02. The fraction of sp³-hybridized carbons (Fsp3) is 0.588. The molecule has 0 saturated carbocycles. The van der Waals surface area contributed by atoms with Gasteiger partial charge in [0.2, 0.25) is 0 Å². The van der Waals surface area contributed by atoms with Crippen LogP contribution in [-0.2, 0) is 0 Å². The Bertz CT molecular complexity index is 594. The van der Waals surface area contributed by atoms with Crippen LogP contribution in [0.5, 0.6) is 0 Å². The van der Waals surface area contributed by atoms with Gasteiger partial charge in [0, 0.05) is 26.7 Å². The van der Waals surface area contributed by atoms with E-state index < -0.39 is 0 Å². The Balaban J connectivity index is 1.60. The van der Waals surface area contributed by atoms with E-state index in [2.05, 4.69) is 32.0 Å². The molecule has 24 heavy (non-hydrogen) atoms. The first-order valence-corrected chi connectivity index (χ1v) is 9.39. The number of aromatic nitrogens is 1. The maximum absolute atomic E-state index is 12.0. The second-order valence-electron chi connectivity index (χ2n) is 5.81. The Kier molecular flexibility index (Phi) is 7.74. The highest BCUT2D eigenvalue weighted by atomic mass is 32.1. The van der Waals surface area contributed by atoms with Crippen LogP contribution in [0.3, 0.4) is 0 Å². The molecule has 0 aliphatic heterocycles. The largest absolute Gasteiger partial charge is 0.356 e. The van der Waals surface area contributed by atoms with E-state index in [4.69, 9.17) is 0 Å². The summed E-state index contributed by atoms with van der Waals surface area (Å²) in [5.74, 6) is 0.707. The summed E-state index contributed by atoms with van der Waals surface area (Å²) in [7, 11) is 1.76. The summed E-state index contributed by atoms with van der Waals surface area (Å²) in [5, 5.41) is 9.42. The number of aryl methyl sites for hydroxylation is 1. The molecule has 1 aliphatic rings. The molecular weight excluding hydrogens is 322 g/mol. The number of nitrogens with zero attached hydrogens (tertiary/aromatic N) is 2. The quantitative estimate of drug-likeness (QED) is 0.305. The van der Waals surface area contributed by atoms with E-state index in [0.29, 0.717) is 18.0 Å². The van der Waals surface area contributed by atoms with Crippen molar-refractivity contribution in [1.82, 2.24) is 20.9 Å². The van der Waals surface area contributed by atoms with Gasteiger partial charge in [-0.1, -0.05) is 11.6 Å². The second-order valence-corrected chi connectivity index (χ2v) is 6.66. The first-order valence-electron chi connectivity index (χ1n) is 8.51. The average molecular weight is 350 g/mol. The molecule has 0 spiro atoms. The van der Waals surface area contributed by atoms with Crippen molar-refractivity contribution in [3.63, 3.8) is 0 Å². The minimum absolute atomic E-state index is 0.0658. The fourth-order valence-corrected chi connectivity index (χ4v) is 3.37. The van der Waals surface area contributed by atoms with Crippen molar-refractivity contribution in [3.8, 4) is 0 Å². The summed E-state index contributed by atoms with van der Waals surface area (Å²) >= 11 is 1.37. The first kappa shape index (κ1) is 18.4. The maximum atomic E-state index is 12.0. The minimum Gasteiger partial charge on any atom is -0.356 e. The summed E-state index contributed by atoms with van der Waals surface area (Å²) in [6.07, 6.45) is 8.54. The zero-order valence-electron chi connectivity index (χ0n) is 14.5. The Morgan fingerprint density at radius 3 is 2.71 bits per heavy atom. The lowest BCUT2D eigenvalue weighted by atomic mass is 9.97. The number of hydrogen-bond donors (Lipinski definition) is 3. The molecule has 0 unspecified atom stereocenters. The van der Waals surface area contributed by atoms with Crippen LogP contribution >= 0.6 is 11.3 Å². The molecule has 0 radical (unpaired) electrons. The minimum atomic E-state index is -0.0658. The van der Waals surface area contributed by atoms with Crippen LogP contribution in [0.15, 0.2) is 22.2 Å². The highest BCUT2D eigenvalue weighted by molar-refractivity contribution is 7.11. The molecule has 1 aliphatic carbocycles. The predicted molar refractivity (Wildman–Crippen MR) is 99.7 cm³/mol. The number of rotatable bonds is 7. The van der Waals surface area contributed by atoms with Gasteiger partial charge in [-0.15, -0.1) is 11.3 Å². The number of amides is 1. The predicted octanol–water partition coefficient (Wildman–Crippen LogP) is 2.24. The van der Waals surface area contributed by atoms with Crippen molar-refractivity contribution in [2.75, 3.05) is 26.7 Å². The summed E-state index contributed by atoms with van der Waals surface area (Å²) < 4.78 is 0. The van der Waals surface area contributed by atoms with Gasteiger partial charge in [0.25, 0.3) is 5.91 Å². The van der Waals surface area contributed by atoms with Crippen LogP contribution in [0.25, 0.3) is 0 Å². The van der Waals surface area contributed by atoms with Gasteiger partial charge >= 0.3 is 0 Å². The number of aliphatic imine (C=N–C) groups is 1. The lowest BCUT2D eigenvalue weighted by Crippen LogP contribution is -2.41. The van der Waals surface area contributed by atoms with Crippen LogP contribution in [0.4, 0.5) is 0 Å². The third-order valence-corrected chi connectivity index (χ3v) is 4.93. The van der Waals surface area contributed by atoms with Gasteiger partial charge in [-0.3, -0.25) is 9.79 Å². The highest BCUT2D eigenvalue weighted by Crippen LogP contribution is 2.19. The molecule has 0 saturated heterocycles. The molecule has 0 atom stereocenters. The highest BCUT2D eigenvalue weighted by Gasteiger charge is 2.10. The Hall–Kier alpha value is -1.89. The smallest absolute Gasteiger partial charge is 0.263 e. The van der Waals surface area contributed by atoms with Gasteiger partial charge in [-0.25, -0.2) is 4.98 Å². The second kappa shape index (κ2) is 10.1. The molecule has 132 valence electrons. The molecule has 1 aromatic rings. The summed E-state index contributed by atoms with van der Waals surface area (Å²) in [6, 6.07) is 0. The van der Waals surface area contributed by atoms with Crippen molar-refractivity contribution in [2.24, 2.45) is 4.99 Å². The van der Waals surface area contributed by atoms with Gasteiger partial charge < -0.3 is 16.0 Å². The third kappa shape index (κ3) is 5.96. The van der Waals surface area contributed by atoms with Crippen molar-refractivity contribution in [2.45, 2.75) is 39.0 Å². The van der Waals surface area contributed by atoms with Gasteiger partial charge in [0.15, 0.2) is 5.96 Å². The van der Waals surface area contributed by atoms with E-state index in [1.807, 2.05) is 6.92 Å². The number of nitrogens with one attached hydrogen (secondary N) is 3. The molecule has 0 bridgehead atoms. The lowest BCUT2D eigenvalue weighted by molar-refractivity contribution is 0.0957.